The minimum atomic E-state index is -0.0666. The van der Waals surface area contributed by atoms with Crippen molar-refractivity contribution in [2.75, 3.05) is 6.54 Å². The van der Waals surface area contributed by atoms with Crippen molar-refractivity contribution < 1.29 is 4.79 Å². The number of pyridine rings is 1. The third-order valence-electron chi connectivity index (χ3n) is 9.87. The van der Waals surface area contributed by atoms with Crippen molar-refractivity contribution in [2.45, 2.75) is 96.8 Å². The molecule has 39 heavy (non-hydrogen) atoms. The lowest BCUT2D eigenvalue weighted by molar-refractivity contribution is 0.0111. The van der Waals surface area contributed by atoms with Gasteiger partial charge in [0.1, 0.15) is 5.69 Å². The number of nitrogens with zero attached hydrogens (tertiary/aromatic N) is 1. The molecule has 206 valence electrons. The topological polar surface area (TPSA) is 42.0 Å². The number of carbonyl (C=O) groups excluding carboxylic acids is 1. The van der Waals surface area contributed by atoms with Gasteiger partial charge >= 0.3 is 0 Å². The average Bonchev–Trinajstić information content (AvgIpc) is 2.91. The summed E-state index contributed by atoms with van der Waals surface area (Å²) in [6.07, 6.45) is 8.50. The van der Waals surface area contributed by atoms with E-state index in [-0.39, 0.29) is 22.2 Å². The Bertz CT molecular complexity index is 1300. The summed E-state index contributed by atoms with van der Waals surface area (Å²) in [4.78, 5) is 17.5. The highest BCUT2D eigenvalue weighted by Crippen LogP contribution is 2.58. The van der Waals surface area contributed by atoms with E-state index in [1.165, 1.54) is 36.0 Å². The zero-order chi connectivity index (χ0) is 27.8. The Morgan fingerprint density at radius 3 is 2.49 bits per heavy atom. The molecule has 5 rings (SSSR count). The molecule has 2 aliphatic carbocycles. The molecule has 1 saturated carbocycles. The van der Waals surface area contributed by atoms with E-state index in [4.69, 9.17) is 0 Å². The van der Waals surface area contributed by atoms with Gasteiger partial charge in [-0.2, -0.15) is 0 Å². The molecule has 1 heterocycles. The fourth-order valence-electron chi connectivity index (χ4n) is 7.67. The smallest absolute Gasteiger partial charge is 0.269 e. The van der Waals surface area contributed by atoms with Crippen molar-refractivity contribution in [3.63, 3.8) is 0 Å². The molecule has 1 aromatic heterocycles. The number of carbonyl (C=O) groups is 1. The molecule has 3 atom stereocenters. The first-order valence-electron chi connectivity index (χ1n) is 14.9. The molecule has 0 bridgehead atoms. The molecule has 1 N–H and O–H groups in total. The van der Waals surface area contributed by atoms with Gasteiger partial charge < -0.3 is 5.32 Å². The minimum Gasteiger partial charge on any atom is -0.350 e. The Morgan fingerprint density at radius 2 is 1.82 bits per heavy atom. The summed E-state index contributed by atoms with van der Waals surface area (Å²) in [7, 11) is 0. The molecule has 3 heteroatoms. The van der Waals surface area contributed by atoms with Gasteiger partial charge in [0.05, 0.1) is 0 Å². The van der Waals surface area contributed by atoms with Gasteiger partial charge in [-0.3, -0.25) is 9.78 Å². The number of benzene rings is 2. The van der Waals surface area contributed by atoms with Crippen molar-refractivity contribution in [2.24, 2.45) is 11.3 Å². The fourth-order valence-corrected chi connectivity index (χ4v) is 7.67. The molecule has 1 fully saturated rings. The lowest BCUT2D eigenvalue weighted by atomic mass is 9.48. The maximum Gasteiger partial charge on any atom is 0.269 e. The zero-order valence-electron chi connectivity index (χ0n) is 24.8. The number of hydrogen-bond donors (Lipinski definition) is 1. The third-order valence-corrected chi connectivity index (χ3v) is 9.87. The molecule has 1 amide bonds. The second-order valence-corrected chi connectivity index (χ2v) is 13.8. The van der Waals surface area contributed by atoms with E-state index >= 15 is 0 Å². The Hall–Kier alpha value is -2.94. The number of nitrogens with one attached hydrogen (secondary N) is 1. The van der Waals surface area contributed by atoms with Crippen LogP contribution in [0.3, 0.4) is 0 Å². The van der Waals surface area contributed by atoms with Gasteiger partial charge in [-0.25, -0.2) is 0 Å². The summed E-state index contributed by atoms with van der Waals surface area (Å²) in [5, 5.41) is 3.36. The summed E-state index contributed by atoms with van der Waals surface area (Å²) >= 11 is 0. The normalized spacial score (nSPS) is 24.6. The zero-order valence-corrected chi connectivity index (χ0v) is 24.8. The molecule has 3 nitrogen and oxygen atoms in total. The van der Waals surface area contributed by atoms with E-state index in [2.05, 4.69) is 94.3 Å². The first-order valence-corrected chi connectivity index (χ1v) is 14.9. The predicted molar refractivity (Wildman–Crippen MR) is 161 cm³/mol. The first-order chi connectivity index (χ1) is 18.5. The monoisotopic (exact) mass is 522 g/mol. The average molecular weight is 523 g/mol. The molecule has 0 aliphatic heterocycles. The van der Waals surface area contributed by atoms with Gasteiger partial charge in [0, 0.05) is 12.7 Å². The fraction of sp³-hybridized carbons (Fsp3) is 0.500. The van der Waals surface area contributed by atoms with Crippen LogP contribution in [0, 0.1) is 11.3 Å². The summed E-state index contributed by atoms with van der Waals surface area (Å²) in [5.74, 6) is 0.981. The van der Waals surface area contributed by atoms with Crippen LogP contribution in [0.1, 0.15) is 111 Å². The van der Waals surface area contributed by atoms with Crippen LogP contribution in [-0.2, 0) is 23.7 Å². The second-order valence-electron chi connectivity index (χ2n) is 13.8. The molecule has 3 aromatic rings. The van der Waals surface area contributed by atoms with Gasteiger partial charge in [-0.1, -0.05) is 96.5 Å². The summed E-state index contributed by atoms with van der Waals surface area (Å²) in [6.45, 7) is 14.6. The quantitative estimate of drug-likeness (QED) is 0.355. The minimum absolute atomic E-state index is 0.00486. The Labute approximate surface area is 235 Å². The van der Waals surface area contributed by atoms with E-state index in [9.17, 15) is 4.79 Å². The highest BCUT2D eigenvalue weighted by molar-refractivity contribution is 5.92. The molecule has 0 unspecified atom stereocenters. The number of fused-ring (bicyclic) bond motifs is 3. The van der Waals surface area contributed by atoms with E-state index in [1.807, 2.05) is 12.1 Å². The number of hydrogen-bond acceptors (Lipinski definition) is 2. The molecule has 0 spiro atoms. The van der Waals surface area contributed by atoms with Gasteiger partial charge in [0.15, 0.2) is 0 Å². The van der Waals surface area contributed by atoms with Crippen LogP contribution in [-0.4, -0.2) is 17.4 Å². The van der Waals surface area contributed by atoms with Crippen molar-refractivity contribution in [1.29, 1.82) is 0 Å². The van der Waals surface area contributed by atoms with E-state index in [0.717, 1.165) is 19.3 Å². The van der Waals surface area contributed by atoms with Gasteiger partial charge in [-0.05, 0) is 100 Å². The molecule has 2 aliphatic rings. The van der Waals surface area contributed by atoms with E-state index in [0.29, 0.717) is 24.1 Å². The lowest BCUT2D eigenvalue weighted by Gasteiger charge is -2.57. The lowest BCUT2D eigenvalue weighted by Crippen LogP contribution is -2.55. The van der Waals surface area contributed by atoms with Gasteiger partial charge in [0.2, 0.25) is 0 Å². The largest absolute Gasteiger partial charge is 0.350 e. The van der Waals surface area contributed by atoms with Crippen LogP contribution in [0.4, 0.5) is 0 Å². The highest BCUT2D eigenvalue weighted by atomic mass is 16.1. The van der Waals surface area contributed by atoms with Crippen LogP contribution in [0.5, 0.6) is 0 Å². The van der Waals surface area contributed by atoms with E-state index < -0.39 is 0 Å². The van der Waals surface area contributed by atoms with Gasteiger partial charge in [0.25, 0.3) is 5.91 Å². The van der Waals surface area contributed by atoms with Crippen molar-refractivity contribution >= 4 is 5.91 Å². The second kappa shape index (κ2) is 10.6. The molecule has 2 aromatic carbocycles. The molecule has 0 saturated heterocycles. The Balaban J connectivity index is 1.51. The van der Waals surface area contributed by atoms with Crippen molar-refractivity contribution in [1.82, 2.24) is 10.3 Å². The SMILES string of the molecule is CC(C)c1ccc2c(c1)CC[C@H]1[C@@](CNC(=O)c3ccccn3)(Cc3ccc(C(C)(C)C)cc3)CCC[C@]21C. The third kappa shape index (κ3) is 5.42. The Morgan fingerprint density at radius 1 is 1.05 bits per heavy atom. The number of rotatable bonds is 6. The molecular formula is C36H46N2O. The number of aryl methyl sites for hydroxylation is 1. The van der Waals surface area contributed by atoms with Crippen LogP contribution in [0.2, 0.25) is 0 Å². The predicted octanol–water partition coefficient (Wildman–Crippen LogP) is 8.17. The van der Waals surface area contributed by atoms with Crippen LogP contribution < -0.4 is 5.32 Å². The van der Waals surface area contributed by atoms with E-state index in [1.54, 1.807) is 23.4 Å². The van der Waals surface area contributed by atoms with Gasteiger partial charge in [-0.15, -0.1) is 0 Å². The molecular weight excluding hydrogens is 476 g/mol. The number of aromatic nitrogens is 1. The first kappa shape index (κ1) is 27.6. The highest BCUT2D eigenvalue weighted by Gasteiger charge is 2.53. The summed E-state index contributed by atoms with van der Waals surface area (Å²) in [6, 6.07) is 22.1. The van der Waals surface area contributed by atoms with Crippen LogP contribution in [0.15, 0.2) is 66.9 Å². The van der Waals surface area contributed by atoms with Crippen molar-refractivity contribution in [3.05, 3.63) is 100 Å². The van der Waals surface area contributed by atoms with Crippen LogP contribution >= 0.6 is 0 Å². The maximum atomic E-state index is 13.2. The Kier molecular flexibility index (Phi) is 7.48. The molecule has 0 radical (unpaired) electrons. The maximum absolute atomic E-state index is 13.2. The summed E-state index contributed by atoms with van der Waals surface area (Å²) < 4.78 is 0. The number of amides is 1. The summed E-state index contributed by atoms with van der Waals surface area (Å²) in [5.41, 5.74) is 8.02. The van der Waals surface area contributed by atoms with Crippen LogP contribution in [0.25, 0.3) is 0 Å². The van der Waals surface area contributed by atoms with Crippen molar-refractivity contribution in [3.8, 4) is 0 Å². The standard InChI is InChI=1S/C36H46N2O/c1-25(2)27-13-17-30-28(22-27)14-18-32-35(30,6)19-9-20-36(32,24-38-33(39)31-10-7-8-21-37-31)23-26-11-15-29(16-12-26)34(3,4)5/h7-8,10-13,15-17,21-22,25,32H,9,14,18-20,23-24H2,1-6H3,(H,38,39)/t32-,35-,36-/m1/s1.